The molecule has 1 heterocycles. The first kappa shape index (κ1) is 37.3. The van der Waals surface area contributed by atoms with E-state index in [1.807, 2.05) is 128 Å². The van der Waals surface area contributed by atoms with E-state index in [9.17, 15) is 15.0 Å². The summed E-state index contributed by atoms with van der Waals surface area (Å²) in [6.45, 7) is 4.18. The van der Waals surface area contributed by atoms with Crippen LogP contribution in [-0.2, 0) is 50.2 Å². The van der Waals surface area contributed by atoms with Crippen LogP contribution < -0.4 is 0 Å². The van der Waals surface area contributed by atoms with Crippen molar-refractivity contribution in [2.24, 2.45) is 0 Å². The first-order valence-electron chi connectivity index (χ1n) is 17.3. The van der Waals surface area contributed by atoms with Gasteiger partial charge >= 0.3 is 0 Å². The van der Waals surface area contributed by atoms with Crippen molar-refractivity contribution in [2.75, 3.05) is 39.8 Å². The normalized spacial score (nSPS) is 17.4. The number of aliphatic hydroxyl groups excluding tert-OH is 1. The van der Waals surface area contributed by atoms with E-state index in [4.69, 9.17) is 18.9 Å². The maximum Gasteiger partial charge on any atom is 0.254 e. The summed E-state index contributed by atoms with van der Waals surface area (Å²) in [7, 11) is 2.03. The number of likely N-dealkylation sites (N-methyl/N-ethyl adjacent to an activating group) is 1. The molecule has 4 aromatic carbocycles. The molecule has 1 fully saturated rings. The molecule has 5 rings (SSSR count). The van der Waals surface area contributed by atoms with Crippen molar-refractivity contribution in [1.29, 1.82) is 0 Å². The van der Waals surface area contributed by atoms with Crippen LogP contribution in [-0.4, -0.2) is 95.8 Å². The lowest BCUT2D eigenvalue weighted by molar-refractivity contribution is -0.247. The third-order valence-electron chi connectivity index (χ3n) is 9.15. The molecular weight excluding hydrogens is 632 g/mol. The third kappa shape index (κ3) is 10.5. The lowest BCUT2D eigenvalue weighted by Gasteiger charge is -2.44. The Labute approximate surface area is 296 Å². The number of ether oxygens (including phenoxy) is 4. The maximum atomic E-state index is 14.6. The fourth-order valence-electron chi connectivity index (χ4n) is 6.00. The Morgan fingerprint density at radius 2 is 1.08 bits per heavy atom. The first-order valence-corrected chi connectivity index (χ1v) is 17.3. The van der Waals surface area contributed by atoms with Crippen LogP contribution in [0.2, 0.25) is 0 Å². The van der Waals surface area contributed by atoms with Crippen molar-refractivity contribution < 1.29 is 34.0 Å². The Bertz CT molecular complexity index is 1540. The average molecular weight is 683 g/mol. The van der Waals surface area contributed by atoms with Gasteiger partial charge in [0.25, 0.3) is 5.91 Å². The molecule has 9 nitrogen and oxygen atoms in total. The largest absolute Gasteiger partial charge is 0.390 e. The lowest BCUT2D eigenvalue weighted by atomic mass is 9.85. The highest BCUT2D eigenvalue weighted by Crippen LogP contribution is 2.31. The quantitative estimate of drug-likeness (QED) is 0.154. The SMILES string of the molecule is C[C@@H](O)[C@](O)(COCc1ccccc1)[C@@H](OCc1ccccc1)[C@H](OCc1ccccc1)[C@@H](OCc1ccccc1)C(=O)N1CCN(C)CC1. The number of nitrogens with zero attached hydrogens (tertiary/aromatic N) is 2. The smallest absolute Gasteiger partial charge is 0.254 e. The highest BCUT2D eigenvalue weighted by atomic mass is 16.6. The maximum absolute atomic E-state index is 14.6. The van der Waals surface area contributed by atoms with E-state index in [1.165, 1.54) is 6.92 Å². The van der Waals surface area contributed by atoms with Gasteiger partial charge in [-0.05, 0) is 36.2 Å². The van der Waals surface area contributed by atoms with E-state index in [0.717, 1.165) is 22.3 Å². The van der Waals surface area contributed by atoms with Crippen LogP contribution in [0.3, 0.4) is 0 Å². The van der Waals surface area contributed by atoms with Crippen LogP contribution in [0, 0.1) is 0 Å². The average Bonchev–Trinajstić information content (AvgIpc) is 3.15. The standard InChI is InChI=1S/C41H50N2O7/c1-32(44)41(46,31-47-27-33-15-7-3-8-16-33)39(50-30-36-21-13-6-14-22-36)37(48-28-34-17-9-4-10-18-34)38(49-29-35-19-11-5-12-20-35)40(45)43-25-23-42(2)24-26-43/h3-22,32,37-39,44,46H,23-31H2,1-2H3/t32-,37-,38-,39+,41-/m1/s1. The second-order valence-corrected chi connectivity index (χ2v) is 13.0. The molecule has 0 aromatic heterocycles. The number of piperazine rings is 1. The minimum absolute atomic E-state index is 0.0819. The van der Waals surface area contributed by atoms with Gasteiger partial charge in [0.05, 0.1) is 39.1 Å². The summed E-state index contributed by atoms with van der Waals surface area (Å²) in [4.78, 5) is 18.6. The minimum atomic E-state index is -2.01. The summed E-state index contributed by atoms with van der Waals surface area (Å²) >= 11 is 0. The molecule has 1 aliphatic rings. The van der Waals surface area contributed by atoms with Crippen LogP contribution in [0.25, 0.3) is 0 Å². The van der Waals surface area contributed by atoms with Crippen molar-refractivity contribution in [2.45, 2.75) is 63.4 Å². The highest BCUT2D eigenvalue weighted by Gasteiger charge is 2.52. The number of benzene rings is 4. The van der Waals surface area contributed by atoms with Gasteiger partial charge in [0.2, 0.25) is 0 Å². The molecule has 50 heavy (non-hydrogen) atoms. The van der Waals surface area contributed by atoms with Gasteiger partial charge in [0, 0.05) is 26.2 Å². The highest BCUT2D eigenvalue weighted by molar-refractivity contribution is 5.82. The van der Waals surface area contributed by atoms with Gasteiger partial charge in [0.1, 0.15) is 17.8 Å². The van der Waals surface area contributed by atoms with Gasteiger partial charge in [-0.25, -0.2) is 0 Å². The Balaban J connectivity index is 1.54. The first-order chi connectivity index (χ1) is 24.3. The van der Waals surface area contributed by atoms with E-state index in [1.54, 1.807) is 4.90 Å². The second kappa shape index (κ2) is 18.9. The van der Waals surface area contributed by atoms with Crippen LogP contribution in [0.1, 0.15) is 29.2 Å². The lowest BCUT2D eigenvalue weighted by Crippen LogP contribution is -2.65. The molecule has 2 N–H and O–H groups in total. The molecule has 0 bridgehead atoms. The van der Waals surface area contributed by atoms with Crippen molar-refractivity contribution in [3.63, 3.8) is 0 Å². The number of aliphatic hydroxyl groups is 2. The molecule has 1 amide bonds. The van der Waals surface area contributed by atoms with Crippen LogP contribution >= 0.6 is 0 Å². The summed E-state index contributed by atoms with van der Waals surface area (Å²) in [6.07, 6.45) is -4.95. The molecule has 0 spiro atoms. The zero-order valence-electron chi connectivity index (χ0n) is 29.1. The van der Waals surface area contributed by atoms with Gasteiger partial charge in [0.15, 0.2) is 6.10 Å². The van der Waals surface area contributed by atoms with Gasteiger partial charge in [-0.15, -0.1) is 0 Å². The molecule has 5 atom stereocenters. The fourth-order valence-corrected chi connectivity index (χ4v) is 6.00. The summed E-state index contributed by atoms with van der Waals surface area (Å²) in [5, 5.41) is 23.9. The molecule has 4 aromatic rings. The van der Waals surface area contributed by atoms with Crippen LogP contribution in [0.4, 0.5) is 0 Å². The summed E-state index contributed by atoms with van der Waals surface area (Å²) in [6, 6.07) is 38.4. The van der Waals surface area contributed by atoms with E-state index in [2.05, 4.69) is 4.90 Å². The molecule has 0 unspecified atom stereocenters. The Kier molecular flexibility index (Phi) is 14.1. The number of carbonyl (C=O) groups is 1. The van der Waals surface area contributed by atoms with Crippen molar-refractivity contribution in [3.05, 3.63) is 144 Å². The summed E-state index contributed by atoms with van der Waals surface area (Å²) < 4.78 is 26.0. The summed E-state index contributed by atoms with van der Waals surface area (Å²) in [5.41, 5.74) is 1.50. The monoisotopic (exact) mass is 682 g/mol. The molecule has 9 heteroatoms. The number of rotatable bonds is 18. The zero-order chi connectivity index (χ0) is 35.2. The van der Waals surface area contributed by atoms with Crippen molar-refractivity contribution in [3.8, 4) is 0 Å². The number of hydrogen-bond donors (Lipinski definition) is 2. The van der Waals surface area contributed by atoms with Gasteiger partial charge in [-0.2, -0.15) is 0 Å². The molecule has 266 valence electrons. The topological polar surface area (TPSA) is 101 Å². The molecule has 0 saturated carbocycles. The van der Waals surface area contributed by atoms with Crippen molar-refractivity contribution in [1.82, 2.24) is 9.80 Å². The molecule has 1 aliphatic heterocycles. The molecule has 0 aliphatic carbocycles. The number of carbonyl (C=O) groups excluding carboxylic acids is 1. The second-order valence-electron chi connectivity index (χ2n) is 13.0. The van der Waals surface area contributed by atoms with Crippen molar-refractivity contribution >= 4 is 5.91 Å². The molecule has 1 saturated heterocycles. The zero-order valence-corrected chi connectivity index (χ0v) is 29.1. The summed E-state index contributed by atoms with van der Waals surface area (Å²) in [5.74, 6) is -0.265. The minimum Gasteiger partial charge on any atom is -0.390 e. The fraction of sp³-hybridized carbons (Fsp3) is 0.390. The van der Waals surface area contributed by atoms with Gasteiger partial charge in [-0.1, -0.05) is 121 Å². The molecular formula is C41H50N2O7. The van der Waals surface area contributed by atoms with E-state index < -0.39 is 30.0 Å². The molecule has 0 radical (unpaired) electrons. The van der Waals surface area contributed by atoms with Gasteiger partial charge in [-0.3, -0.25) is 4.79 Å². The Morgan fingerprint density at radius 1 is 0.660 bits per heavy atom. The third-order valence-corrected chi connectivity index (χ3v) is 9.15. The number of hydrogen-bond acceptors (Lipinski definition) is 8. The number of amides is 1. The van der Waals surface area contributed by atoms with Crippen LogP contribution in [0.15, 0.2) is 121 Å². The van der Waals surface area contributed by atoms with E-state index in [-0.39, 0.29) is 38.9 Å². The predicted octanol–water partition coefficient (Wildman–Crippen LogP) is 4.85. The van der Waals surface area contributed by atoms with Crippen LogP contribution in [0.5, 0.6) is 0 Å². The van der Waals surface area contributed by atoms with Gasteiger partial charge < -0.3 is 39.0 Å². The Hall–Kier alpha value is -3.93. The van der Waals surface area contributed by atoms with E-state index in [0.29, 0.717) is 26.2 Å². The predicted molar refractivity (Wildman–Crippen MR) is 192 cm³/mol. The Morgan fingerprint density at radius 3 is 1.54 bits per heavy atom. The van der Waals surface area contributed by atoms with E-state index >= 15 is 0 Å².